The molecule has 0 heterocycles. The molecule has 1 aromatic carbocycles. The highest BCUT2D eigenvalue weighted by atomic mass is 35.5. The fourth-order valence-electron chi connectivity index (χ4n) is 2.78. The molecule has 2 N–H and O–H groups in total. The topological polar surface area (TPSA) is 75.4 Å². The average Bonchev–Trinajstić information content (AvgIpc) is 2.47. The second-order valence-electron chi connectivity index (χ2n) is 5.49. The van der Waals surface area contributed by atoms with E-state index < -0.39 is 4.92 Å². The van der Waals surface area contributed by atoms with Crippen LogP contribution in [-0.4, -0.2) is 23.2 Å². The van der Waals surface area contributed by atoms with Crippen LogP contribution >= 0.6 is 11.6 Å². The zero-order valence-electron chi connectivity index (χ0n) is 11.3. The van der Waals surface area contributed by atoms with Crippen molar-refractivity contribution in [2.45, 2.75) is 32.1 Å². The number of nitrogens with one attached hydrogen (secondary N) is 1. The van der Waals surface area contributed by atoms with Gasteiger partial charge in [0.15, 0.2) is 0 Å². The quantitative estimate of drug-likeness (QED) is 0.643. The molecule has 1 saturated carbocycles. The van der Waals surface area contributed by atoms with Crippen molar-refractivity contribution in [3.63, 3.8) is 0 Å². The molecule has 1 aliphatic carbocycles. The summed E-state index contributed by atoms with van der Waals surface area (Å²) in [6.07, 6.45) is 5.31. The molecule has 0 bridgehead atoms. The van der Waals surface area contributed by atoms with Crippen molar-refractivity contribution in [3.8, 4) is 0 Å². The maximum atomic E-state index is 11.0. The fourth-order valence-corrected chi connectivity index (χ4v) is 2.95. The molecule has 1 fully saturated rings. The number of hydrogen-bond donors (Lipinski definition) is 2. The Kier molecular flexibility index (Phi) is 4.83. The molecule has 0 aromatic heterocycles. The summed E-state index contributed by atoms with van der Waals surface area (Å²) in [5.41, 5.74) is 0.269. The lowest BCUT2D eigenvalue weighted by Gasteiger charge is -2.35. The van der Waals surface area contributed by atoms with Crippen LogP contribution in [0.3, 0.4) is 0 Å². The van der Waals surface area contributed by atoms with Crippen molar-refractivity contribution in [1.82, 2.24) is 0 Å². The standard InChI is InChI=1S/C14H19ClN2O3/c15-11-4-5-12(13(8-11)17(19)20)16-9-14(10-18)6-2-1-3-7-14/h4-5,8,16,18H,1-3,6-7,9-10H2. The summed E-state index contributed by atoms with van der Waals surface area (Å²) in [7, 11) is 0. The Morgan fingerprint density at radius 3 is 2.65 bits per heavy atom. The van der Waals surface area contributed by atoms with E-state index >= 15 is 0 Å². The minimum atomic E-state index is -0.444. The third-order valence-electron chi connectivity index (χ3n) is 4.06. The summed E-state index contributed by atoms with van der Waals surface area (Å²) in [5, 5.41) is 24.1. The lowest BCUT2D eigenvalue weighted by Crippen LogP contribution is -2.35. The largest absolute Gasteiger partial charge is 0.396 e. The highest BCUT2D eigenvalue weighted by Gasteiger charge is 2.31. The minimum absolute atomic E-state index is 0.0265. The van der Waals surface area contributed by atoms with Gasteiger partial charge in [0.1, 0.15) is 5.69 Å². The first kappa shape index (κ1) is 15.1. The van der Waals surface area contributed by atoms with Crippen LogP contribution in [0.2, 0.25) is 5.02 Å². The molecule has 0 radical (unpaired) electrons. The number of benzene rings is 1. The highest BCUT2D eigenvalue weighted by Crippen LogP contribution is 2.37. The molecule has 110 valence electrons. The van der Waals surface area contributed by atoms with Gasteiger partial charge in [0.25, 0.3) is 5.69 Å². The monoisotopic (exact) mass is 298 g/mol. The first-order valence-corrected chi connectivity index (χ1v) is 7.23. The Balaban J connectivity index is 2.11. The van der Waals surface area contributed by atoms with Gasteiger partial charge in [-0.15, -0.1) is 0 Å². The molecule has 1 aliphatic rings. The van der Waals surface area contributed by atoms with Crippen molar-refractivity contribution in [2.24, 2.45) is 5.41 Å². The van der Waals surface area contributed by atoms with Gasteiger partial charge in [-0.2, -0.15) is 0 Å². The minimum Gasteiger partial charge on any atom is -0.396 e. The normalized spacial score (nSPS) is 17.7. The van der Waals surface area contributed by atoms with E-state index in [0.29, 0.717) is 17.3 Å². The molecule has 0 spiro atoms. The maximum Gasteiger partial charge on any atom is 0.293 e. The fraction of sp³-hybridized carbons (Fsp3) is 0.571. The van der Waals surface area contributed by atoms with Crippen molar-refractivity contribution >= 4 is 23.0 Å². The van der Waals surface area contributed by atoms with E-state index in [0.717, 1.165) is 25.7 Å². The van der Waals surface area contributed by atoms with Gasteiger partial charge in [-0.3, -0.25) is 10.1 Å². The Morgan fingerprint density at radius 2 is 2.05 bits per heavy atom. The van der Waals surface area contributed by atoms with Crippen LogP contribution in [0.1, 0.15) is 32.1 Å². The molecule has 0 unspecified atom stereocenters. The predicted octanol–water partition coefficient (Wildman–Crippen LogP) is 3.60. The molecule has 5 nitrogen and oxygen atoms in total. The van der Waals surface area contributed by atoms with Crippen LogP contribution in [0, 0.1) is 15.5 Å². The van der Waals surface area contributed by atoms with Gasteiger partial charge in [-0.05, 0) is 25.0 Å². The van der Waals surface area contributed by atoms with Gasteiger partial charge >= 0.3 is 0 Å². The lowest BCUT2D eigenvalue weighted by molar-refractivity contribution is -0.384. The van der Waals surface area contributed by atoms with E-state index in [1.165, 1.54) is 12.5 Å². The Hall–Kier alpha value is -1.33. The molecular formula is C14H19ClN2O3. The second-order valence-corrected chi connectivity index (χ2v) is 5.93. The number of nitro benzene ring substituents is 1. The third kappa shape index (κ3) is 3.41. The van der Waals surface area contributed by atoms with E-state index in [9.17, 15) is 15.2 Å². The number of aliphatic hydroxyl groups excluding tert-OH is 1. The van der Waals surface area contributed by atoms with E-state index in [4.69, 9.17) is 11.6 Å². The summed E-state index contributed by atoms with van der Waals surface area (Å²) in [5.74, 6) is 0. The molecular weight excluding hydrogens is 280 g/mol. The van der Waals surface area contributed by atoms with Crippen LogP contribution in [0.15, 0.2) is 18.2 Å². The maximum absolute atomic E-state index is 11.0. The summed E-state index contributed by atoms with van der Waals surface area (Å²) in [6, 6.07) is 4.59. The van der Waals surface area contributed by atoms with Crippen LogP contribution in [0.4, 0.5) is 11.4 Å². The summed E-state index contributed by atoms with van der Waals surface area (Å²) in [4.78, 5) is 10.6. The van der Waals surface area contributed by atoms with Gasteiger partial charge < -0.3 is 10.4 Å². The number of anilines is 1. The molecule has 1 aromatic rings. The van der Waals surface area contributed by atoms with Gasteiger partial charge in [0.2, 0.25) is 0 Å². The molecule has 0 amide bonds. The Bertz CT molecular complexity index is 487. The number of nitrogens with zero attached hydrogens (tertiary/aromatic N) is 1. The van der Waals surface area contributed by atoms with Crippen molar-refractivity contribution < 1.29 is 10.0 Å². The molecule has 0 atom stereocenters. The summed E-state index contributed by atoms with van der Waals surface area (Å²) < 4.78 is 0. The predicted molar refractivity (Wildman–Crippen MR) is 79.2 cm³/mol. The highest BCUT2D eigenvalue weighted by molar-refractivity contribution is 6.30. The Morgan fingerprint density at radius 1 is 1.35 bits per heavy atom. The van der Waals surface area contributed by atoms with Gasteiger partial charge in [0.05, 0.1) is 11.5 Å². The van der Waals surface area contributed by atoms with Crippen LogP contribution < -0.4 is 5.32 Å². The third-order valence-corrected chi connectivity index (χ3v) is 4.30. The lowest BCUT2D eigenvalue weighted by atomic mass is 9.74. The Labute approximate surface area is 123 Å². The van der Waals surface area contributed by atoms with E-state index in [-0.39, 0.29) is 17.7 Å². The number of aliphatic hydroxyl groups is 1. The van der Waals surface area contributed by atoms with E-state index in [2.05, 4.69) is 5.32 Å². The van der Waals surface area contributed by atoms with Crippen molar-refractivity contribution in [2.75, 3.05) is 18.5 Å². The first-order chi connectivity index (χ1) is 9.56. The molecule has 20 heavy (non-hydrogen) atoms. The number of hydrogen-bond acceptors (Lipinski definition) is 4. The summed E-state index contributed by atoms with van der Waals surface area (Å²) in [6.45, 7) is 0.660. The van der Waals surface area contributed by atoms with Crippen molar-refractivity contribution in [1.29, 1.82) is 0 Å². The van der Waals surface area contributed by atoms with E-state index in [1.54, 1.807) is 12.1 Å². The van der Waals surface area contributed by atoms with E-state index in [1.807, 2.05) is 0 Å². The zero-order valence-corrected chi connectivity index (χ0v) is 12.0. The number of nitro groups is 1. The van der Waals surface area contributed by atoms with Gasteiger partial charge in [0, 0.05) is 23.0 Å². The average molecular weight is 299 g/mol. The van der Waals surface area contributed by atoms with Crippen LogP contribution in [-0.2, 0) is 0 Å². The first-order valence-electron chi connectivity index (χ1n) is 6.85. The molecule has 0 aliphatic heterocycles. The molecule has 0 saturated heterocycles. The van der Waals surface area contributed by atoms with Crippen LogP contribution in [0.5, 0.6) is 0 Å². The number of rotatable bonds is 5. The SMILES string of the molecule is O=[N+]([O-])c1cc(Cl)ccc1NCC1(CO)CCCCC1. The molecule has 2 rings (SSSR count). The van der Waals surface area contributed by atoms with Gasteiger partial charge in [-0.1, -0.05) is 30.9 Å². The number of halogens is 1. The smallest absolute Gasteiger partial charge is 0.293 e. The van der Waals surface area contributed by atoms with Crippen LogP contribution in [0.25, 0.3) is 0 Å². The molecule has 6 heteroatoms. The second kappa shape index (κ2) is 6.41. The summed E-state index contributed by atoms with van der Waals surface area (Å²) >= 11 is 5.79. The van der Waals surface area contributed by atoms with Crippen molar-refractivity contribution in [3.05, 3.63) is 33.3 Å². The van der Waals surface area contributed by atoms with Gasteiger partial charge in [-0.25, -0.2) is 0 Å². The zero-order chi connectivity index (χ0) is 14.6.